The molecule has 0 unspecified atom stereocenters. The lowest BCUT2D eigenvalue weighted by molar-refractivity contribution is -0.137. The molecule has 4 rings (SSSR count). The monoisotopic (exact) mass is 494 g/mol. The minimum atomic E-state index is -4.49. The summed E-state index contributed by atoms with van der Waals surface area (Å²) in [5, 5.41) is 2.48. The van der Waals surface area contributed by atoms with Crippen LogP contribution < -0.4 is 5.32 Å². The maximum Gasteiger partial charge on any atom is 0.416 e. The number of halogens is 3. The number of aryl methyl sites for hydroxylation is 2. The molecule has 1 amide bonds. The van der Waals surface area contributed by atoms with Crippen molar-refractivity contribution in [1.29, 1.82) is 0 Å². The van der Waals surface area contributed by atoms with Crippen molar-refractivity contribution in [2.24, 2.45) is 7.05 Å². The zero-order chi connectivity index (χ0) is 24.5. The van der Waals surface area contributed by atoms with Gasteiger partial charge in [0.25, 0.3) is 0 Å². The van der Waals surface area contributed by atoms with Crippen LogP contribution >= 0.6 is 0 Å². The SMILES string of the molecule is Cn1c(CCC(=O)Nc2cccc(C(F)(F)F)c2)nc2cc(S(=O)(=O)N3CCCCC3)ccc21. The van der Waals surface area contributed by atoms with Gasteiger partial charge in [0.05, 0.1) is 21.5 Å². The van der Waals surface area contributed by atoms with Crippen molar-refractivity contribution in [3.63, 3.8) is 0 Å². The Morgan fingerprint density at radius 2 is 1.82 bits per heavy atom. The summed E-state index contributed by atoms with van der Waals surface area (Å²) in [6, 6.07) is 9.27. The number of fused-ring (bicyclic) bond motifs is 1. The Bertz CT molecular complexity index is 1310. The van der Waals surface area contributed by atoms with E-state index in [0.717, 1.165) is 36.9 Å². The summed E-state index contributed by atoms with van der Waals surface area (Å²) < 4.78 is 67.8. The van der Waals surface area contributed by atoms with Crippen molar-refractivity contribution in [3.05, 3.63) is 53.9 Å². The van der Waals surface area contributed by atoms with E-state index >= 15 is 0 Å². The maximum atomic E-state index is 13.0. The van der Waals surface area contributed by atoms with Crippen LogP contribution in [0.3, 0.4) is 0 Å². The number of nitrogens with one attached hydrogen (secondary N) is 1. The molecular weight excluding hydrogens is 469 g/mol. The summed E-state index contributed by atoms with van der Waals surface area (Å²) >= 11 is 0. The van der Waals surface area contributed by atoms with Gasteiger partial charge in [-0.05, 0) is 49.2 Å². The molecule has 0 radical (unpaired) electrons. The van der Waals surface area contributed by atoms with Crippen molar-refractivity contribution >= 4 is 32.7 Å². The van der Waals surface area contributed by atoms with E-state index in [9.17, 15) is 26.4 Å². The molecule has 0 atom stereocenters. The first kappa shape index (κ1) is 24.2. The third kappa shape index (κ3) is 5.10. The highest BCUT2D eigenvalue weighted by atomic mass is 32.2. The molecular formula is C23H25F3N4O3S. The molecule has 1 saturated heterocycles. The number of rotatable bonds is 6. The van der Waals surface area contributed by atoms with Gasteiger partial charge in [0, 0.05) is 38.7 Å². The number of sulfonamides is 1. The number of aromatic nitrogens is 2. The maximum absolute atomic E-state index is 13.0. The van der Waals surface area contributed by atoms with Gasteiger partial charge in [-0.15, -0.1) is 0 Å². The van der Waals surface area contributed by atoms with Gasteiger partial charge in [-0.1, -0.05) is 12.5 Å². The number of anilines is 1. The van der Waals surface area contributed by atoms with Crippen LogP contribution in [0.25, 0.3) is 11.0 Å². The Hall–Kier alpha value is -2.92. The Balaban J connectivity index is 1.46. The minimum absolute atomic E-state index is 0.00629. The number of piperidine rings is 1. The average Bonchev–Trinajstić information content (AvgIpc) is 3.13. The molecule has 1 aliphatic rings. The number of alkyl halides is 3. The molecule has 7 nitrogen and oxygen atoms in total. The third-order valence-corrected chi connectivity index (χ3v) is 7.84. The summed E-state index contributed by atoms with van der Waals surface area (Å²) in [5.41, 5.74) is 0.466. The van der Waals surface area contributed by atoms with E-state index in [0.29, 0.717) is 24.4 Å². The van der Waals surface area contributed by atoms with Crippen molar-refractivity contribution in [2.75, 3.05) is 18.4 Å². The van der Waals surface area contributed by atoms with Crippen LogP contribution in [0.5, 0.6) is 0 Å². The summed E-state index contributed by atoms with van der Waals surface area (Å²) in [6.45, 7) is 1.02. The van der Waals surface area contributed by atoms with E-state index < -0.39 is 27.7 Å². The lowest BCUT2D eigenvalue weighted by Crippen LogP contribution is -2.35. The average molecular weight is 495 g/mol. The standard InChI is InChI=1S/C23H25F3N4O3S/c1-29-20-9-8-18(34(32,33)30-12-3-2-4-13-30)15-19(20)28-21(29)10-11-22(31)27-17-7-5-6-16(14-17)23(24,25)26/h5-9,14-15H,2-4,10-13H2,1H3,(H,27,31). The quantitative estimate of drug-likeness (QED) is 0.553. The first-order valence-electron chi connectivity index (χ1n) is 11.0. The minimum Gasteiger partial charge on any atom is -0.331 e. The van der Waals surface area contributed by atoms with Crippen LogP contribution in [0.1, 0.15) is 37.1 Å². The number of hydrogen-bond donors (Lipinski definition) is 1. The predicted molar refractivity (Wildman–Crippen MR) is 122 cm³/mol. The molecule has 0 spiro atoms. The predicted octanol–water partition coefficient (Wildman–Crippen LogP) is 4.34. The number of nitrogens with zero attached hydrogens (tertiary/aromatic N) is 3. The highest BCUT2D eigenvalue weighted by Crippen LogP contribution is 2.31. The van der Waals surface area contributed by atoms with E-state index in [4.69, 9.17) is 0 Å². The fraction of sp³-hybridized carbons (Fsp3) is 0.391. The number of carbonyl (C=O) groups excluding carboxylic acids is 1. The third-order valence-electron chi connectivity index (χ3n) is 5.95. The van der Waals surface area contributed by atoms with Crippen LogP contribution in [-0.4, -0.2) is 41.3 Å². The van der Waals surface area contributed by atoms with Gasteiger partial charge >= 0.3 is 6.18 Å². The summed E-state index contributed by atoms with van der Waals surface area (Å²) in [4.78, 5) is 17.0. The zero-order valence-corrected chi connectivity index (χ0v) is 19.4. The lowest BCUT2D eigenvalue weighted by Gasteiger charge is -2.25. The number of hydrogen-bond acceptors (Lipinski definition) is 4. The van der Waals surface area contributed by atoms with E-state index in [-0.39, 0.29) is 23.4 Å². The number of imidazole rings is 1. The van der Waals surface area contributed by atoms with Crippen LogP contribution in [-0.2, 0) is 34.5 Å². The number of benzene rings is 2. The van der Waals surface area contributed by atoms with Gasteiger partial charge in [-0.25, -0.2) is 13.4 Å². The zero-order valence-electron chi connectivity index (χ0n) is 18.6. The summed E-state index contributed by atoms with van der Waals surface area (Å²) in [7, 11) is -1.82. The van der Waals surface area contributed by atoms with Crippen LogP contribution in [0.2, 0.25) is 0 Å². The fourth-order valence-corrected chi connectivity index (χ4v) is 5.63. The number of carbonyl (C=O) groups is 1. The lowest BCUT2D eigenvalue weighted by atomic mass is 10.2. The highest BCUT2D eigenvalue weighted by Gasteiger charge is 2.30. The molecule has 11 heteroatoms. The van der Waals surface area contributed by atoms with Gasteiger partial charge in [-0.2, -0.15) is 17.5 Å². The van der Waals surface area contributed by atoms with Crippen molar-refractivity contribution in [2.45, 2.75) is 43.2 Å². The molecule has 1 aliphatic heterocycles. The molecule has 2 heterocycles. The van der Waals surface area contributed by atoms with Crippen LogP contribution in [0.4, 0.5) is 18.9 Å². The molecule has 0 bridgehead atoms. The van der Waals surface area contributed by atoms with Crippen molar-refractivity contribution in [1.82, 2.24) is 13.9 Å². The van der Waals surface area contributed by atoms with Crippen molar-refractivity contribution < 1.29 is 26.4 Å². The van der Waals surface area contributed by atoms with E-state index in [1.807, 2.05) is 0 Å². The normalized spacial score (nSPS) is 15.5. The van der Waals surface area contributed by atoms with Crippen LogP contribution in [0, 0.1) is 0 Å². The molecule has 34 heavy (non-hydrogen) atoms. The topological polar surface area (TPSA) is 84.3 Å². The van der Waals surface area contributed by atoms with Gasteiger partial charge in [0.15, 0.2) is 0 Å². The van der Waals surface area contributed by atoms with Crippen molar-refractivity contribution in [3.8, 4) is 0 Å². The second kappa shape index (κ2) is 9.38. The molecule has 1 aromatic heterocycles. The first-order chi connectivity index (χ1) is 16.1. The van der Waals surface area contributed by atoms with E-state index in [1.54, 1.807) is 29.8 Å². The van der Waals surface area contributed by atoms with Gasteiger partial charge < -0.3 is 9.88 Å². The highest BCUT2D eigenvalue weighted by molar-refractivity contribution is 7.89. The number of amides is 1. The molecule has 182 valence electrons. The Morgan fingerprint density at radius 1 is 1.09 bits per heavy atom. The van der Waals surface area contributed by atoms with Gasteiger partial charge in [-0.3, -0.25) is 4.79 Å². The van der Waals surface area contributed by atoms with E-state index in [1.165, 1.54) is 16.4 Å². The second-order valence-corrected chi connectivity index (χ2v) is 10.3. The van der Waals surface area contributed by atoms with Gasteiger partial charge in [0.2, 0.25) is 15.9 Å². The smallest absolute Gasteiger partial charge is 0.331 e. The molecule has 1 N–H and O–H groups in total. The largest absolute Gasteiger partial charge is 0.416 e. The van der Waals surface area contributed by atoms with E-state index in [2.05, 4.69) is 10.3 Å². The Morgan fingerprint density at radius 3 is 2.53 bits per heavy atom. The Kier molecular flexibility index (Phi) is 6.68. The molecule has 3 aromatic rings. The Labute approximate surface area is 195 Å². The molecule has 0 aliphatic carbocycles. The molecule has 0 saturated carbocycles. The fourth-order valence-electron chi connectivity index (χ4n) is 4.09. The summed E-state index contributed by atoms with van der Waals surface area (Å²) in [5.74, 6) is 0.126. The molecule has 1 fully saturated rings. The van der Waals surface area contributed by atoms with Crippen LogP contribution in [0.15, 0.2) is 47.4 Å². The second-order valence-electron chi connectivity index (χ2n) is 8.33. The molecule has 2 aromatic carbocycles. The first-order valence-corrected chi connectivity index (χ1v) is 12.4. The summed E-state index contributed by atoms with van der Waals surface area (Å²) in [6.07, 6.45) is -1.53. The van der Waals surface area contributed by atoms with Gasteiger partial charge in [0.1, 0.15) is 5.82 Å².